The van der Waals surface area contributed by atoms with Gasteiger partial charge in [-0.05, 0) is 42.3 Å². The first-order valence-corrected chi connectivity index (χ1v) is 8.42. The van der Waals surface area contributed by atoms with Crippen LogP contribution in [0, 0.1) is 11.3 Å². The summed E-state index contributed by atoms with van der Waals surface area (Å²) in [7, 11) is 1.43. The van der Waals surface area contributed by atoms with Gasteiger partial charge in [0.2, 0.25) is 5.76 Å². The summed E-state index contributed by atoms with van der Waals surface area (Å²) < 4.78 is 15.5. The molecule has 7 nitrogen and oxygen atoms in total. The number of carbonyl (C=O) groups is 2. The van der Waals surface area contributed by atoms with Crippen LogP contribution in [-0.2, 0) is 4.79 Å². The Labute approximate surface area is 157 Å². The van der Waals surface area contributed by atoms with Crippen LogP contribution in [0.2, 0.25) is 0 Å². The summed E-state index contributed by atoms with van der Waals surface area (Å²) in [6, 6.07) is 9.67. The molecule has 140 valence electrons. The highest BCUT2D eigenvalue weighted by atomic mass is 16.6. The topological polar surface area (TPSA) is 102 Å². The molecule has 2 aromatic rings. The summed E-state index contributed by atoms with van der Waals surface area (Å²) in [5, 5.41) is 11.9. The molecule has 1 aromatic heterocycles. The van der Waals surface area contributed by atoms with Crippen LogP contribution < -0.4 is 14.8 Å². The largest absolute Gasteiger partial charge is 0.493 e. The van der Waals surface area contributed by atoms with Gasteiger partial charge in [0, 0.05) is 6.54 Å². The first kappa shape index (κ1) is 19.8. The zero-order chi connectivity index (χ0) is 19.6. The number of furan rings is 1. The minimum absolute atomic E-state index is 0.0199. The standard InChI is InChI=1S/C20H20N2O5/c1-3-4-9-22-19(23)15(13-21)11-14-7-8-16(18(12-14)25-2)27-20(24)17-6-5-10-26-17/h5-8,10-12H,3-4,9H2,1-2H3,(H,22,23)/b15-11+. The molecule has 1 N–H and O–H groups in total. The van der Waals surface area contributed by atoms with Crippen molar-refractivity contribution in [3.05, 3.63) is 53.5 Å². The average Bonchev–Trinajstić information content (AvgIpc) is 3.22. The molecule has 0 spiro atoms. The second-order valence-electron chi connectivity index (χ2n) is 5.56. The third-order valence-corrected chi connectivity index (χ3v) is 3.60. The second kappa shape index (κ2) is 9.82. The van der Waals surface area contributed by atoms with Gasteiger partial charge in [0.05, 0.1) is 13.4 Å². The highest BCUT2D eigenvalue weighted by molar-refractivity contribution is 6.01. The van der Waals surface area contributed by atoms with E-state index in [4.69, 9.17) is 13.9 Å². The Morgan fingerprint density at radius 1 is 1.30 bits per heavy atom. The molecule has 0 saturated carbocycles. The Balaban J connectivity index is 2.17. The third kappa shape index (κ3) is 5.47. The molecule has 1 amide bonds. The summed E-state index contributed by atoms with van der Waals surface area (Å²) in [5.41, 5.74) is 0.542. The van der Waals surface area contributed by atoms with Crippen LogP contribution in [0.1, 0.15) is 35.9 Å². The minimum Gasteiger partial charge on any atom is -0.493 e. The average molecular weight is 368 g/mol. The zero-order valence-electron chi connectivity index (χ0n) is 15.2. The lowest BCUT2D eigenvalue weighted by Crippen LogP contribution is -2.25. The molecule has 0 unspecified atom stereocenters. The Hall–Kier alpha value is -3.53. The maximum Gasteiger partial charge on any atom is 0.379 e. The van der Waals surface area contributed by atoms with Crippen LogP contribution in [0.4, 0.5) is 0 Å². The van der Waals surface area contributed by atoms with Crippen molar-refractivity contribution in [1.82, 2.24) is 5.32 Å². The normalized spacial score (nSPS) is 10.8. The zero-order valence-corrected chi connectivity index (χ0v) is 15.2. The number of nitrogens with one attached hydrogen (secondary N) is 1. The Kier molecular flexibility index (Phi) is 7.20. The van der Waals surface area contributed by atoms with Crippen molar-refractivity contribution in [2.24, 2.45) is 0 Å². The lowest BCUT2D eigenvalue weighted by Gasteiger charge is -2.09. The molecule has 0 aliphatic carbocycles. The fourth-order valence-corrected chi connectivity index (χ4v) is 2.19. The van der Waals surface area contributed by atoms with E-state index in [-0.39, 0.29) is 22.8 Å². The lowest BCUT2D eigenvalue weighted by atomic mass is 10.1. The summed E-state index contributed by atoms with van der Waals surface area (Å²) in [5.74, 6) is -0.543. The van der Waals surface area contributed by atoms with Gasteiger partial charge in [-0.1, -0.05) is 19.4 Å². The van der Waals surface area contributed by atoms with E-state index in [1.165, 1.54) is 31.6 Å². The number of ether oxygens (including phenoxy) is 2. The summed E-state index contributed by atoms with van der Waals surface area (Å²) in [6.07, 6.45) is 4.61. The molecule has 1 aromatic carbocycles. The number of unbranched alkanes of at least 4 members (excludes halogenated alkanes) is 1. The highest BCUT2D eigenvalue weighted by Crippen LogP contribution is 2.29. The van der Waals surface area contributed by atoms with Crippen molar-refractivity contribution >= 4 is 18.0 Å². The molecule has 0 fully saturated rings. The van der Waals surface area contributed by atoms with Gasteiger partial charge in [-0.3, -0.25) is 4.79 Å². The van der Waals surface area contributed by atoms with Crippen molar-refractivity contribution in [3.63, 3.8) is 0 Å². The molecular formula is C20H20N2O5. The smallest absolute Gasteiger partial charge is 0.379 e. The van der Waals surface area contributed by atoms with Gasteiger partial charge in [0.15, 0.2) is 11.5 Å². The molecule has 27 heavy (non-hydrogen) atoms. The third-order valence-electron chi connectivity index (χ3n) is 3.60. The molecular weight excluding hydrogens is 348 g/mol. The number of carbonyl (C=O) groups excluding carboxylic acids is 2. The van der Waals surface area contributed by atoms with Gasteiger partial charge in [0.25, 0.3) is 5.91 Å². The van der Waals surface area contributed by atoms with Gasteiger partial charge in [-0.2, -0.15) is 5.26 Å². The first-order valence-electron chi connectivity index (χ1n) is 8.42. The monoisotopic (exact) mass is 368 g/mol. The van der Waals surface area contributed by atoms with Gasteiger partial charge < -0.3 is 19.2 Å². The molecule has 0 atom stereocenters. The summed E-state index contributed by atoms with van der Waals surface area (Å²) >= 11 is 0. The van der Waals surface area contributed by atoms with E-state index in [9.17, 15) is 14.9 Å². The quantitative estimate of drug-likeness (QED) is 0.252. The number of rotatable bonds is 8. The van der Waals surface area contributed by atoms with Crippen LogP contribution in [0.3, 0.4) is 0 Å². The Morgan fingerprint density at radius 2 is 2.11 bits per heavy atom. The van der Waals surface area contributed by atoms with E-state index in [0.29, 0.717) is 12.1 Å². The molecule has 0 aliphatic heterocycles. The van der Waals surface area contributed by atoms with Gasteiger partial charge >= 0.3 is 5.97 Å². The van der Waals surface area contributed by atoms with Crippen molar-refractivity contribution in [1.29, 1.82) is 5.26 Å². The molecule has 0 aliphatic rings. The van der Waals surface area contributed by atoms with Crippen molar-refractivity contribution in [2.45, 2.75) is 19.8 Å². The van der Waals surface area contributed by atoms with Crippen LogP contribution >= 0.6 is 0 Å². The van der Waals surface area contributed by atoms with Crippen molar-refractivity contribution in [2.75, 3.05) is 13.7 Å². The molecule has 0 bridgehead atoms. The number of hydrogen-bond acceptors (Lipinski definition) is 6. The SMILES string of the molecule is CCCCNC(=O)/C(C#N)=C/c1ccc(OC(=O)c2ccco2)c(OC)c1. The number of amides is 1. The maximum absolute atomic E-state index is 12.0. The van der Waals surface area contributed by atoms with E-state index in [1.54, 1.807) is 18.2 Å². The number of esters is 1. The van der Waals surface area contributed by atoms with Gasteiger partial charge in [-0.25, -0.2) is 4.79 Å². The number of nitrogens with zero attached hydrogens (tertiary/aromatic N) is 1. The molecule has 7 heteroatoms. The summed E-state index contributed by atoms with van der Waals surface area (Å²) in [6.45, 7) is 2.53. The van der Waals surface area contributed by atoms with Crippen LogP contribution in [-0.4, -0.2) is 25.5 Å². The Bertz CT molecular complexity index is 863. The van der Waals surface area contributed by atoms with Crippen LogP contribution in [0.25, 0.3) is 6.08 Å². The number of methoxy groups -OCH3 is 1. The summed E-state index contributed by atoms with van der Waals surface area (Å²) in [4.78, 5) is 24.0. The van der Waals surface area contributed by atoms with Gasteiger partial charge in [0.1, 0.15) is 11.6 Å². The fourth-order valence-electron chi connectivity index (χ4n) is 2.19. The van der Waals surface area contributed by atoms with Crippen molar-refractivity contribution in [3.8, 4) is 17.6 Å². The van der Waals surface area contributed by atoms with E-state index in [2.05, 4.69) is 5.32 Å². The second-order valence-corrected chi connectivity index (χ2v) is 5.56. The number of benzene rings is 1. The van der Waals surface area contributed by atoms with Crippen LogP contribution in [0.15, 0.2) is 46.6 Å². The van der Waals surface area contributed by atoms with E-state index >= 15 is 0 Å². The lowest BCUT2D eigenvalue weighted by molar-refractivity contribution is -0.117. The predicted molar refractivity (Wildman–Crippen MR) is 98.2 cm³/mol. The van der Waals surface area contributed by atoms with E-state index in [0.717, 1.165) is 12.8 Å². The molecule has 0 saturated heterocycles. The highest BCUT2D eigenvalue weighted by Gasteiger charge is 2.15. The first-order chi connectivity index (χ1) is 13.1. The van der Waals surface area contributed by atoms with Crippen LogP contribution in [0.5, 0.6) is 11.5 Å². The number of hydrogen-bond donors (Lipinski definition) is 1. The maximum atomic E-state index is 12.0. The molecule has 2 rings (SSSR count). The Morgan fingerprint density at radius 3 is 2.74 bits per heavy atom. The van der Waals surface area contributed by atoms with Crippen molar-refractivity contribution < 1.29 is 23.5 Å². The fraction of sp³-hybridized carbons (Fsp3) is 0.250. The number of nitriles is 1. The predicted octanol–water partition coefficient (Wildman–Crippen LogP) is 3.33. The molecule has 0 radical (unpaired) electrons. The minimum atomic E-state index is -0.658. The van der Waals surface area contributed by atoms with E-state index in [1.807, 2.05) is 13.0 Å². The van der Waals surface area contributed by atoms with Gasteiger partial charge in [-0.15, -0.1) is 0 Å². The molecule has 1 heterocycles. The van der Waals surface area contributed by atoms with E-state index < -0.39 is 11.9 Å².